The fraction of sp³-hybridized carbons (Fsp3) is 0.625. The zero-order chi connectivity index (χ0) is 13.5. The van der Waals surface area contributed by atoms with Crippen LogP contribution in [0.1, 0.15) is 62.6 Å². The molecule has 0 aliphatic heterocycles. The molecule has 102 valence electrons. The Hall–Kier alpha value is -1.18. The van der Waals surface area contributed by atoms with Crippen LogP contribution in [0.3, 0.4) is 0 Å². The summed E-state index contributed by atoms with van der Waals surface area (Å²) in [6, 6.07) is 2.04. The predicted octanol–water partition coefficient (Wildman–Crippen LogP) is 4.48. The second kappa shape index (κ2) is 7.30. The Morgan fingerprint density at radius 2 is 1.56 bits per heavy atom. The van der Waals surface area contributed by atoms with Gasteiger partial charge in [0.2, 0.25) is 0 Å². The van der Waals surface area contributed by atoms with Gasteiger partial charge in [0.25, 0.3) is 0 Å². The van der Waals surface area contributed by atoms with Gasteiger partial charge in [0.05, 0.1) is 0 Å². The lowest BCUT2D eigenvalue weighted by molar-refractivity contribution is 0.395. The van der Waals surface area contributed by atoms with E-state index in [-0.39, 0.29) is 11.5 Å². The van der Waals surface area contributed by atoms with E-state index in [9.17, 15) is 10.2 Å². The van der Waals surface area contributed by atoms with Crippen LogP contribution in [0.25, 0.3) is 0 Å². The summed E-state index contributed by atoms with van der Waals surface area (Å²) in [5.41, 5.74) is 2.94. The van der Waals surface area contributed by atoms with E-state index >= 15 is 0 Å². The van der Waals surface area contributed by atoms with Crippen molar-refractivity contribution in [1.82, 2.24) is 0 Å². The molecule has 1 rings (SSSR count). The highest BCUT2D eigenvalue weighted by molar-refractivity contribution is 5.53. The van der Waals surface area contributed by atoms with Gasteiger partial charge in [-0.25, -0.2) is 0 Å². The molecule has 0 amide bonds. The zero-order valence-corrected chi connectivity index (χ0v) is 11.9. The topological polar surface area (TPSA) is 40.5 Å². The summed E-state index contributed by atoms with van der Waals surface area (Å²) >= 11 is 0. The van der Waals surface area contributed by atoms with Crippen molar-refractivity contribution >= 4 is 0 Å². The molecule has 18 heavy (non-hydrogen) atoms. The maximum atomic E-state index is 10.1. The van der Waals surface area contributed by atoms with Crippen LogP contribution in [0.15, 0.2) is 6.07 Å². The molecule has 0 fully saturated rings. The number of rotatable bonds is 7. The van der Waals surface area contributed by atoms with Gasteiger partial charge in [-0.1, -0.05) is 39.2 Å². The molecule has 0 saturated heterocycles. The average molecular weight is 250 g/mol. The molecule has 0 unspecified atom stereocenters. The Morgan fingerprint density at radius 3 is 2.17 bits per heavy atom. The van der Waals surface area contributed by atoms with Crippen molar-refractivity contribution in [3.05, 3.63) is 22.8 Å². The Balaban J connectivity index is 2.97. The van der Waals surface area contributed by atoms with Crippen molar-refractivity contribution in [2.45, 2.75) is 65.7 Å². The van der Waals surface area contributed by atoms with Crippen LogP contribution < -0.4 is 0 Å². The summed E-state index contributed by atoms with van der Waals surface area (Å²) in [7, 11) is 0. The minimum Gasteiger partial charge on any atom is -0.504 e. The molecule has 1 aromatic rings. The molecule has 0 spiro atoms. The van der Waals surface area contributed by atoms with Crippen LogP contribution in [0.4, 0.5) is 0 Å². The third kappa shape index (κ3) is 3.66. The van der Waals surface area contributed by atoms with E-state index in [1.165, 1.54) is 18.4 Å². The fourth-order valence-corrected chi connectivity index (χ4v) is 2.32. The minimum atomic E-state index is 0.0559. The third-order valence-electron chi connectivity index (χ3n) is 3.49. The van der Waals surface area contributed by atoms with Crippen LogP contribution in [0, 0.1) is 6.92 Å². The number of hydrogen-bond acceptors (Lipinski definition) is 2. The monoisotopic (exact) mass is 250 g/mol. The lowest BCUT2D eigenvalue weighted by Crippen LogP contribution is -1.98. The van der Waals surface area contributed by atoms with Gasteiger partial charge in [0.15, 0.2) is 11.5 Å². The highest BCUT2D eigenvalue weighted by Crippen LogP contribution is 2.36. The molecular weight excluding hydrogens is 224 g/mol. The molecule has 0 bridgehead atoms. The predicted molar refractivity (Wildman–Crippen MR) is 76.3 cm³/mol. The van der Waals surface area contributed by atoms with Crippen molar-refractivity contribution in [2.24, 2.45) is 0 Å². The molecule has 2 heteroatoms. The molecule has 0 aromatic heterocycles. The highest BCUT2D eigenvalue weighted by Gasteiger charge is 2.14. The van der Waals surface area contributed by atoms with Gasteiger partial charge in [-0.2, -0.15) is 0 Å². The molecule has 1 aromatic carbocycles. The first-order valence-corrected chi connectivity index (χ1v) is 7.15. The maximum Gasteiger partial charge on any atom is 0.161 e. The van der Waals surface area contributed by atoms with E-state index in [2.05, 4.69) is 13.8 Å². The average Bonchev–Trinajstić information content (AvgIpc) is 2.36. The van der Waals surface area contributed by atoms with E-state index in [1.54, 1.807) is 0 Å². The van der Waals surface area contributed by atoms with E-state index in [0.717, 1.165) is 43.2 Å². The van der Waals surface area contributed by atoms with Crippen molar-refractivity contribution in [2.75, 3.05) is 0 Å². The lowest BCUT2D eigenvalue weighted by Gasteiger charge is -2.14. The van der Waals surface area contributed by atoms with Gasteiger partial charge in [-0.3, -0.25) is 0 Å². The van der Waals surface area contributed by atoms with E-state index in [4.69, 9.17) is 0 Å². The molecule has 0 atom stereocenters. The molecule has 0 radical (unpaired) electrons. The van der Waals surface area contributed by atoms with Gasteiger partial charge >= 0.3 is 0 Å². The summed E-state index contributed by atoms with van der Waals surface area (Å²) in [6.45, 7) is 6.18. The number of phenolic OH excluding ortho intramolecular Hbond substituents is 2. The number of aryl methyl sites for hydroxylation is 2. The molecule has 0 saturated carbocycles. The number of benzene rings is 1. The van der Waals surface area contributed by atoms with Gasteiger partial charge in [0, 0.05) is 5.56 Å². The van der Waals surface area contributed by atoms with Gasteiger partial charge in [-0.05, 0) is 43.7 Å². The van der Waals surface area contributed by atoms with Crippen LogP contribution in [-0.4, -0.2) is 10.2 Å². The quantitative estimate of drug-likeness (QED) is 0.553. The Morgan fingerprint density at radius 1 is 0.889 bits per heavy atom. The summed E-state index contributed by atoms with van der Waals surface area (Å²) in [4.78, 5) is 0. The first kappa shape index (κ1) is 14.9. The first-order chi connectivity index (χ1) is 8.61. The third-order valence-corrected chi connectivity index (χ3v) is 3.49. The van der Waals surface area contributed by atoms with Crippen LogP contribution in [0.5, 0.6) is 11.5 Å². The van der Waals surface area contributed by atoms with Crippen LogP contribution in [-0.2, 0) is 12.8 Å². The molecule has 2 N–H and O–H groups in total. The normalized spacial score (nSPS) is 10.8. The van der Waals surface area contributed by atoms with Crippen LogP contribution in [0.2, 0.25) is 0 Å². The zero-order valence-electron chi connectivity index (χ0n) is 11.9. The van der Waals surface area contributed by atoms with E-state index < -0.39 is 0 Å². The highest BCUT2D eigenvalue weighted by atomic mass is 16.3. The van der Waals surface area contributed by atoms with Crippen molar-refractivity contribution in [1.29, 1.82) is 0 Å². The Kier molecular flexibility index (Phi) is 6.03. The second-order valence-corrected chi connectivity index (χ2v) is 5.09. The second-order valence-electron chi connectivity index (χ2n) is 5.09. The van der Waals surface area contributed by atoms with Gasteiger partial charge in [-0.15, -0.1) is 0 Å². The summed E-state index contributed by atoms with van der Waals surface area (Å²) in [5.74, 6) is 0.162. The SMILES string of the molecule is CCCCCc1cc(C)c(O)c(O)c1CCCC. The smallest absolute Gasteiger partial charge is 0.161 e. The van der Waals surface area contributed by atoms with E-state index in [1.807, 2.05) is 13.0 Å². The minimum absolute atomic E-state index is 0.0559. The molecule has 0 aliphatic carbocycles. The number of phenols is 2. The molecule has 0 heterocycles. The number of hydrogen-bond donors (Lipinski definition) is 2. The van der Waals surface area contributed by atoms with Crippen molar-refractivity contribution in [3.63, 3.8) is 0 Å². The molecule has 2 nitrogen and oxygen atoms in total. The molecule has 0 aliphatic rings. The fourth-order valence-electron chi connectivity index (χ4n) is 2.32. The van der Waals surface area contributed by atoms with Crippen molar-refractivity contribution in [3.8, 4) is 11.5 Å². The summed E-state index contributed by atoms with van der Waals surface area (Å²) in [6.07, 6.45) is 7.58. The van der Waals surface area contributed by atoms with Crippen molar-refractivity contribution < 1.29 is 10.2 Å². The number of aromatic hydroxyl groups is 2. The Bertz CT molecular complexity index is 383. The summed E-state index contributed by atoms with van der Waals surface area (Å²) in [5, 5.41) is 19.9. The van der Waals surface area contributed by atoms with E-state index in [0.29, 0.717) is 0 Å². The standard InChI is InChI=1S/C16H26O2/c1-4-6-8-9-13-11-12(3)15(17)16(18)14(13)10-7-5-2/h11,17-18H,4-10H2,1-3H3. The number of unbranched alkanes of at least 4 members (excludes halogenated alkanes) is 3. The van der Waals surface area contributed by atoms with Crippen LogP contribution >= 0.6 is 0 Å². The molecular formula is C16H26O2. The largest absolute Gasteiger partial charge is 0.504 e. The Labute approximate surface area is 111 Å². The summed E-state index contributed by atoms with van der Waals surface area (Å²) < 4.78 is 0. The van der Waals surface area contributed by atoms with Gasteiger partial charge < -0.3 is 10.2 Å². The lowest BCUT2D eigenvalue weighted by atomic mass is 9.94. The first-order valence-electron chi connectivity index (χ1n) is 7.15. The van der Waals surface area contributed by atoms with Gasteiger partial charge in [0.1, 0.15) is 0 Å². The maximum absolute atomic E-state index is 10.1.